The van der Waals surface area contributed by atoms with Crippen LogP contribution in [0.3, 0.4) is 0 Å². The van der Waals surface area contributed by atoms with Crippen molar-refractivity contribution in [2.24, 2.45) is 0 Å². The summed E-state index contributed by atoms with van der Waals surface area (Å²) in [7, 11) is 0. The van der Waals surface area contributed by atoms with Gasteiger partial charge in [0.25, 0.3) is 0 Å². The first-order valence-electron chi connectivity index (χ1n) is 16.5. The van der Waals surface area contributed by atoms with Crippen LogP contribution < -0.4 is 0 Å². The zero-order valence-corrected chi connectivity index (χ0v) is 26.6. The molecular formula is C47H33N. The Labute approximate surface area is 281 Å². The largest absolute Gasteiger partial charge is 0.309 e. The average Bonchev–Trinajstić information content (AvgIpc) is 3.64. The molecule has 0 unspecified atom stereocenters. The van der Waals surface area contributed by atoms with Crippen LogP contribution in [0.5, 0.6) is 0 Å². The third kappa shape index (κ3) is 3.91. The highest BCUT2D eigenvalue weighted by molar-refractivity contribution is 6.12. The molecule has 0 radical (unpaired) electrons. The van der Waals surface area contributed by atoms with Crippen molar-refractivity contribution in [3.63, 3.8) is 0 Å². The van der Waals surface area contributed by atoms with Crippen molar-refractivity contribution in [3.8, 4) is 27.9 Å². The number of fused-ring (bicyclic) bond motifs is 6. The molecule has 1 heteroatoms. The monoisotopic (exact) mass is 611 g/mol. The van der Waals surface area contributed by atoms with Gasteiger partial charge in [-0.15, -0.1) is 0 Å². The van der Waals surface area contributed by atoms with Gasteiger partial charge >= 0.3 is 0 Å². The molecule has 9 rings (SSSR count). The minimum absolute atomic E-state index is 0.536. The van der Waals surface area contributed by atoms with Gasteiger partial charge < -0.3 is 4.57 Å². The number of nitrogens with zero attached hydrogens (tertiary/aromatic N) is 1. The van der Waals surface area contributed by atoms with Crippen LogP contribution in [0.15, 0.2) is 177 Å². The Balaban J connectivity index is 1.45. The molecule has 0 saturated carbocycles. The van der Waals surface area contributed by atoms with E-state index < -0.39 is 5.41 Å². The van der Waals surface area contributed by atoms with E-state index in [0.29, 0.717) is 0 Å². The van der Waals surface area contributed by atoms with Gasteiger partial charge in [-0.3, -0.25) is 0 Å². The van der Waals surface area contributed by atoms with Crippen LogP contribution in [0.4, 0.5) is 0 Å². The summed E-state index contributed by atoms with van der Waals surface area (Å²) in [4.78, 5) is 0. The summed E-state index contributed by atoms with van der Waals surface area (Å²) in [6.07, 6.45) is 3.96. The molecule has 0 bridgehead atoms. The number of hydrogen-bond acceptors (Lipinski definition) is 0. The predicted octanol–water partition coefficient (Wildman–Crippen LogP) is 12.1. The molecule has 1 aliphatic rings. The molecule has 0 fully saturated rings. The maximum absolute atomic E-state index is 4.32. The topological polar surface area (TPSA) is 4.93 Å². The lowest BCUT2D eigenvalue weighted by molar-refractivity contribution is 0.769. The van der Waals surface area contributed by atoms with Gasteiger partial charge in [-0.1, -0.05) is 159 Å². The summed E-state index contributed by atoms with van der Waals surface area (Å²) < 4.78 is 2.45. The van der Waals surface area contributed by atoms with Gasteiger partial charge in [0, 0.05) is 16.5 Å². The van der Waals surface area contributed by atoms with Crippen molar-refractivity contribution >= 4 is 34.0 Å². The molecule has 0 amide bonds. The fourth-order valence-corrected chi connectivity index (χ4v) is 8.21. The lowest BCUT2D eigenvalue weighted by Gasteiger charge is -2.34. The second-order valence-electron chi connectivity index (χ2n) is 12.6. The number of aromatic nitrogens is 1. The first-order chi connectivity index (χ1) is 23.7. The first kappa shape index (κ1) is 28.1. The minimum atomic E-state index is -0.536. The van der Waals surface area contributed by atoms with Crippen LogP contribution in [0, 0.1) is 0 Å². The average molecular weight is 612 g/mol. The van der Waals surface area contributed by atoms with E-state index in [2.05, 4.69) is 182 Å². The van der Waals surface area contributed by atoms with E-state index in [9.17, 15) is 0 Å². The van der Waals surface area contributed by atoms with Gasteiger partial charge in [0.2, 0.25) is 0 Å². The van der Waals surface area contributed by atoms with Crippen molar-refractivity contribution in [1.82, 2.24) is 4.57 Å². The summed E-state index contributed by atoms with van der Waals surface area (Å²) in [6, 6.07) is 59.8. The van der Waals surface area contributed by atoms with Gasteiger partial charge in [0.05, 0.1) is 16.4 Å². The van der Waals surface area contributed by atoms with E-state index in [1.165, 1.54) is 66.3 Å². The Kier molecular flexibility index (Phi) is 6.42. The molecule has 0 aliphatic heterocycles. The molecule has 1 aliphatic carbocycles. The molecule has 0 atom stereocenters. The Morgan fingerprint density at radius 2 is 1.12 bits per heavy atom. The molecule has 0 saturated heterocycles. The number of hydrogen-bond donors (Lipinski definition) is 0. The highest BCUT2D eigenvalue weighted by Gasteiger charge is 2.47. The normalized spacial score (nSPS) is 12.9. The maximum atomic E-state index is 4.32. The first-order valence-corrected chi connectivity index (χ1v) is 16.5. The van der Waals surface area contributed by atoms with Crippen molar-refractivity contribution < 1.29 is 0 Å². The summed E-state index contributed by atoms with van der Waals surface area (Å²) in [5, 5.41) is 2.47. The smallest absolute Gasteiger partial charge is 0.0714 e. The fourth-order valence-electron chi connectivity index (χ4n) is 8.21. The molecular weight excluding hydrogens is 579 g/mol. The van der Waals surface area contributed by atoms with E-state index in [1.54, 1.807) is 0 Å². The molecule has 7 aromatic carbocycles. The van der Waals surface area contributed by atoms with Crippen LogP contribution in [0.1, 0.15) is 33.4 Å². The Morgan fingerprint density at radius 3 is 1.81 bits per heavy atom. The predicted molar refractivity (Wildman–Crippen MR) is 204 cm³/mol. The van der Waals surface area contributed by atoms with Crippen molar-refractivity contribution in [2.45, 2.75) is 5.41 Å². The summed E-state index contributed by atoms with van der Waals surface area (Å²) in [6.45, 7) is 8.50. The third-order valence-electron chi connectivity index (χ3n) is 10.2. The van der Waals surface area contributed by atoms with Gasteiger partial charge in [-0.25, -0.2) is 0 Å². The van der Waals surface area contributed by atoms with E-state index in [1.807, 2.05) is 12.2 Å². The summed E-state index contributed by atoms with van der Waals surface area (Å²) >= 11 is 0. The number of para-hydroxylation sites is 1. The molecule has 0 spiro atoms. The van der Waals surface area contributed by atoms with Gasteiger partial charge in [0.15, 0.2) is 0 Å². The maximum Gasteiger partial charge on any atom is 0.0714 e. The van der Waals surface area contributed by atoms with Gasteiger partial charge in [0.1, 0.15) is 0 Å². The van der Waals surface area contributed by atoms with Crippen molar-refractivity contribution in [3.05, 3.63) is 210 Å². The second kappa shape index (κ2) is 11.0. The van der Waals surface area contributed by atoms with Gasteiger partial charge in [-0.05, 0) is 86.0 Å². The van der Waals surface area contributed by atoms with Crippen LogP contribution in [-0.4, -0.2) is 4.57 Å². The van der Waals surface area contributed by atoms with Crippen LogP contribution in [-0.2, 0) is 5.41 Å². The van der Waals surface area contributed by atoms with Crippen LogP contribution in [0.2, 0.25) is 0 Å². The molecule has 48 heavy (non-hydrogen) atoms. The van der Waals surface area contributed by atoms with E-state index in [-0.39, 0.29) is 0 Å². The van der Waals surface area contributed by atoms with Crippen LogP contribution >= 0.6 is 0 Å². The molecule has 8 aromatic rings. The minimum Gasteiger partial charge on any atom is -0.309 e. The van der Waals surface area contributed by atoms with Crippen molar-refractivity contribution in [2.75, 3.05) is 0 Å². The lowest BCUT2D eigenvalue weighted by Crippen LogP contribution is -2.28. The molecule has 1 heterocycles. The van der Waals surface area contributed by atoms with Crippen molar-refractivity contribution in [1.29, 1.82) is 0 Å². The summed E-state index contributed by atoms with van der Waals surface area (Å²) in [5.41, 5.74) is 15.1. The third-order valence-corrected chi connectivity index (χ3v) is 10.2. The zero-order valence-electron chi connectivity index (χ0n) is 26.6. The Bertz CT molecular complexity index is 2480. The highest BCUT2D eigenvalue weighted by Crippen LogP contribution is 2.59. The van der Waals surface area contributed by atoms with Gasteiger partial charge in [-0.2, -0.15) is 0 Å². The molecule has 1 nitrogen and oxygen atoms in total. The second-order valence-corrected chi connectivity index (χ2v) is 12.6. The SMILES string of the molecule is C=Cc1ccc2c(c1C=C)-c1cc3c4ccccc4n(-c4cccc(-c5ccccc5)c4)c3cc1C2(c1ccccc1)c1ccccc1. The van der Waals surface area contributed by atoms with E-state index in [0.717, 1.165) is 16.8 Å². The standard InChI is InChI=1S/C47H33N/c1-3-32-27-28-42-46(38(32)4-2)41-30-40-39-25-14-15-26-44(39)48(37-24-16-19-34(29-37)33-17-8-5-9-18-33)45(40)31-43(41)47(42,35-20-10-6-11-21-35)36-22-12-7-13-23-36/h3-31H,1-2H2. The fraction of sp³-hybridized carbons (Fsp3) is 0.0213. The molecule has 1 aromatic heterocycles. The summed E-state index contributed by atoms with van der Waals surface area (Å²) in [5.74, 6) is 0. The number of rotatable bonds is 6. The zero-order chi connectivity index (χ0) is 32.2. The highest BCUT2D eigenvalue weighted by atomic mass is 15.0. The van der Waals surface area contributed by atoms with E-state index in [4.69, 9.17) is 0 Å². The van der Waals surface area contributed by atoms with Crippen LogP contribution in [0.25, 0.3) is 61.9 Å². The molecule has 226 valence electrons. The lowest BCUT2D eigenvalue weighted by atomic mass is 9.67. The Morgan fingerprint density at radius 1 is 0.479 bits per heavy atom. The quantitative estimate of drug-likeness (QED) is 0.176. The Hall–Kier alpha value is -6.18. The van der Waals surface area contributed by atoms with E-state index >= 15 is 0 Å². The molecule has 0 N–H and O–H groups in total. The number of benzene rings is 7.